The highest BCUT2D eigenvalue weighted by Crippen LogP contribution is 2.35. The van der Waals surface area contributed by atoms with Crippen LogP contribution in [0.25, 0.3) is 0 Å². The molecule has 12 aromatic carbocycles. The average molecular weight is 1140 g/mol. The van der Waals surface area contributed by atoms with E-state index in [1.54, 1.807) is 14.2 Å². The van der Waals surface area contributed by atoms with E-state index in [0.717, 1.165) is 0 Å². The summed E-state index contributed by atoms with van der Waals surface area (Å²) in [6, 6.07) is 129. The summed E-state index contributed by atoms with van der Waals surface area (Å²) < 4.78 is 9.31. The highest BCUT2D eigenvalue weighted by molar-refractivity contribution is 7.81. The molecule has 0 aromatic heterocycles. The molecular weight excluding hydrogens is 1070 g/mol. The summed E-state index contributed by atoms with van der Waals surface area (Å²) >= 11 is 0. The molecule has 0 fully saturated rings. The molecule has 6 heteroatoms. The van der Waals surface area contributed by atoms with Crippen molar-refractivity contribution in [2.24, 2.45) is 0 Å². The Labute approximate surface area is 493 Å². The van der Waals surface area contributed by atoms with E-state index in [0.29, 0.717) is 13.2 Å². The third-order valence-electron chi connectivity index (χ3n) is 12.7. The maximum absolute atomic E-state index is 4.66. The molecule has 82 heavy (non-hydrogen) atoms. The first-order valence-electron chi connectivity index (χ1n) is 27.5. The summed E-state index contributed by atoms with van der Waals surface area (Å²) in [6.07, 6.45) is 0. The summed E-state index contributed by atoms with van der Waals surface area (Å²) in [5, 5.41) is 16.8. The molecule has 2 nitrogen and oxygen atoms in total. The molecular formula is C76H70O2P4. The van der Waals surface area contributed by atoms with Crippen molar-refractivity contribution in [1.82, 2.24) is 0 Å². The van der Waals surface area contributed by atoms with E-state index in [4.69, 9.17) is 0 Å². The summed E-state index contributed by atoms with van der Waals surface area (Å²) in [6.45, 7) is 1.38. The fourth-order valence-electron chi connectivity index (χ4n) is 8.88. The van der Waals surface area contributed by atoms with Crippen molar-refractivity contribution < 1.29 is 9.47 Å². The van der Waals surface area contributed by atoms with E-state index in [2.05, 4.69) is 373 Å². The van der Waals surface area contributed by atoms with Gasteiger partial charge in [0.1, 0.15) is 0 Å². The second kappa shape index (κ2) is 35.2. The minimum absolute atomic E-state index is 0.446. The van der Waals surface area contributed by atoms with E-state index in [-0.39, 0.29) is 0 Å². The van der Waals surface area contributed by atoms with Gasteiger partial charge in [0.2, 0.25) is 0 Å². The SMILES string of the molecule is COCCOC.c1ccc(P(c2ccccc2)c2ccccc2)cc1.c1ccc(P(c2ccccc2)c2ccccc2)cc1.c1ccc(P(c2ccccc2)c2ccccc2)cc1.c1ccc(P(c2ccccc2)c2ccccc2)cc1. The van der Waals surface area contributed by atoms with Crippen LogP contribution in [0.5, 0.6) is 0 Å². The third-order valence-corrected chi connectivity index (χ3v) is 22.4. The molecule has 0 heterocycles. The standard InChI is InChI=1S/4C18H15P.C4H10O2/c4*1-4-10-16(11-5-1)19(17-12-6-2-7-13-17)18-14-8-3-9-15-18;1-5-3-4-6-2/h4*1-15H;3-4H2,1-2H3. The Kier molecular flexibility index (Phi) is 25.9. The highest BCUT2D eigenvalue weighted by Gasteiger charge is 2.18. The van der Waals surface area contributed by atoms with Gasteiger partial charge in [-0.1, -0.05) is 364 Å². The van der Waals surface area contributed by atoms with Crippen LogP contribution in [-0.4, -0.2) is 27.4 Å². The predicted molar refractivity (Wildman–Crippen MR) is 364 cm³/mol. The van der Waals surface area contributed by atoms with Crippen LogP contribution >= 0.6 is 31.7 Å². The number of rotatable bonds is 15. The first kappa shape index (κ1) is 60.4. The molecule has 12 aromatic rings. The molecule has 0 amide bonds. The van der Waals surface area contributed by atoms with Gasteiger partial charge >= 0.3 is 0 Å². The predicted octanol–water partition coefficient (Wildman–Crippen LogP) is 14.1. The Morgan fingerprint density at radius 2 is 0.244 bits per heavy atom. The van der Waals surface area contributed by atoms with Gasteiger partial charge in [0.15, 0.2) is 0 Å². The van der Waals surface area contributed by atoms with Crippen molar-refractivity contribution in [3.05, 3.63) is 364 Å². The summed E-state index contributed by atoms with van der Waals surface area (Å²) in [4.78, 5) is 0. The Morgan fingerprint density at radius 3 is 0.317 bits per heavy atom. The first-order valence-corrected chi connectivity index (χ1v) is 32.9. The van der Waals surface area contributed by atoms with Gasteiger partial charge in [0.05, 0.1) is 13.2 Å². The Morgan fingerprint density at radius 1 is 0.159 bits per heavy atom. The van der Waals surface area contributed by atoms with Crippen molar-refractivity contribution in [1.29, 1.82) is 0 Å². The lowest BCUT2D eigenvalue weighted by Crippen LogP contribution is -2.20. The van der Waals surface area contributed by atoms with Crippen molar-refractivity contribution >= 4 is 95.3 Å². The van der Waals surface area contributed by atoms with Gasteiger partial charge in [-0.05, 0) is 95.3 Å². The second-order valence-electron chi connectivity index (χ2n) is 18.4. The fourth-order valence-corrected chi connectivity index (χ4v) is 18.1. The largest absolute Gasteiger partial charge is 0.382 e. The third kappa shape index (κ3) is 18.9. The number of benzene rings is 12. The van der Waals surface area contributed by atoms with Crippen molar-refractivity contribution in [2.45, 2.75) is 0 Å². The second-order valence-corrected chi connectivity index (χ2v) is 27.2. The van der Waals surface area contributed by atoms with Gasteiger partial charge < -0.3 is 9.47 Å². The van der Waals surface area contributed by atoms with E-state index < -0.39 is 31.7 Å². The van der Waals surface area contributed by atoms with Gasteiger partial charge in [-0.2, -0.15) is 0 Å². The first-order chi connectivity index (χ1) is 40.7. The van der Waals surface area contributed by atoms with Crippen LogP contribution in [-0.2, 0) is 9.47 Å². The number of hydrogen-bond donors (Lipinski definition) is 0. The zero-order chi connectivity index (χ0) is 56.5. The summed E-state index contributed by atoms with van der Waals surface area (Å²) in [5.74, 6) is 0. The molecule has 0 unspecified atom stereocenters. The van der Waals surface area contributed by atoms with Gasteiger partial charge in [-0.15, -0.1) is 0 Å². The lowest BCUT2D eigenvalue weighted by Gasteiger charge is -2.18. The minimum atomic E-state index is -0.446. The zero-order valence-electron chi connectivity index (χ0n) is 46.7. The molecule has 12 rings (SSSR count). The molecule has 0 atom stereocenters. The van der Waals surface area contributed by atoms with Crippen LogP contribution in [0.3, 0.4) is 0 Å². The molecule has 0 saturated carbocycles. The Hall–Kier alpha value is -7.72. The Balaban J connectivity index is 0.000000138. The molecule has 0 spiro atoms. The molecule has 0 bridgehead atoms. The van der Waals surface area contributed by atoms with Gasteiger partial charge in [-0.3, -0.25) is 0 Å². The summed E-state index contributed by atoms with van der Waals surface area (Å²) in [7, 11) is 1.52. The molecule has 0 saturated heterocycles. The quantitative estimate of drug-likeness (QED) is 0.0752. The average Bonchev–Trinajstić information content (AvgIpc) is 3.59. The Bertz CT molecular complexity index is 2650. The van der Waals surface area contributed by atoms with E-state index in [1.165, 1.54) is 63.7 Å². The number of ether oxygens (including phenoxy) is 2. The molecule has 0 aliphatic heterocycles. The maximum atomic E-state index is 4.66. The van der Waals surface area contributed by atoms with Crippen LogP contribution < -0.4 is 63.7 Å². The van der Waals surface area contributed by atoms with Crippen LogP contribution in [0.1, 0.15) is 0 Å². The summed E-state index contributed by atoms with van der Waals surface area (Å²) in [5.41, 5.74) is 0. The maximum Gasteiger partial charge on any atom is 0.0696 e. The van der Waals surface area contributed by atoms with Crippen molar-refractivity contribution in [3.8, 4) is 0 Å². The minimum Gasteiger partial charge on any atom is -0.382 e. The molecule has 0 aliphatic carbocycles. The van der Waals surface area contributed by atoms with Crippen molar-refractivity contribution in [2.75, 3.05) is 27.4 Å². The topological polar surface area (TPSA) is 18.5 Å². The van der Waals surface area contributed by atoms with E-state index in [9.17, 15) is 0 Å². The van der Waals surface area contributed by atoms with Crippen LogP contribution in [0.2, 0.25) is 0 Å². The van der Waals surface area contributed by atoms with Gasteiger partial charge in [0.25, 0.3) is 0 Å². The van der Waals surface area contributed by atoms with Gasteiger partial charge in [-0.25, -0.2) is 0 Å². The lowest BCUT2D eigenvalue weighted by molar-refractivity contribution is 0.103. The molecule has 0 radical (unpaired) electrons. The van der Waals surface area contributed by atoms with E-state index in [1.807, 2.05) is 0 Å². The molecule has 0 aliphatic rings. The molecule has 406 valence electrons. The van der Waals surface area contributed by atoms with Crippen molar-refractivity contribution in [3.63, 3.8) is 0 Å². The smallest absolute Gasteiger partial charge is 0.0696 e. The lowest BCUT2D eigenvalue weighted by atomic mass is 10.4. The molecule has 0 N–H and O–H groups in total. The van der Waals surface area contributed by atoms with Crippen LogP contribution in [0.15, 0.2) is 364 Å². The number of hydrogen-bond acceptors (Lipinski definition) is 2. The van der Waals surface area contributed by atoms with Crippen LogP contribution in [0.4, 0.5) is 0 Å². The van der Waals surface area contributed by atoms with E-state index >= 15 is 0 Å². The monoisotopic (exact) mass is 1140 g/mol. The normalized spacial score (nSPS) is 10.5. The van der Waals surface area contributed by atoms with Crippen LogP contribution in [0, 0.1) is 0 Å². The zero-order valence-corrected chi connectivity index (χ0v) is 50.2. The van der Waals surface area contributed by atoms with Gasteiger partial charge in [0, 0.05) is 14.2 Å². The number of methoxy groups -OCH3 is 2. The fraction of sp³-hybridized carbons (Fsp3) is 0.0526. The highest BCUT2D eigenvalue weighted by atomic mass is 31.1.